The maximum Gasteiger partial charge on any atom is 0.0682 e. The van der Waals surface area contributed by atoms with Crippen LogP contribution in [0.1, 0.15) is 97.8 Å². The summed E-state index contributed by atoms with van der Waals surface area (Å²) < 4.78 is 6.20. The zero-order chi connectivity index (χ0) is 15.1. The second-order valence-electron chi connectivity index (χ2n) is 7.77. The van der Waals surface area contributed by atoms with Crippen molar-refractivity contribution in [2.45, 2.75) is 103 Å². The largest absolute Gasteiger partial charge is 0.375 e. The second-order valence-corrected chi connectivity index (χ2v) is 7.77. The van der Waals surface area contributed by atoms with Gasteiger partial charge in [0.05, 0.1) is 5.60 Å². The maximum absolute atomic E-state index is 6.20. The Hall–Kier alpha value is -0.0400. The van der Waals surface area contributed by atoms with Crippen molar-refractivity contribution in [2.24, 2.45) is 17.8 Å². The highest BCUT2D eigenvalue weighted by Gasteiger charge is 2.38. The highest BCUT2D eigenvalue weighted by molar-refractivity contribution is 4.90. The first-order valence-corrected chi connectivity index (χ1v) is 9.87. The summed E-state index contributed by atoms with van der Waals surface area (Å²) in [6.07, 6.45) is 17.0. The van der Waals surface area contributed by atoms with E-state index in [0.29, 0.717) is 0 Å². The lowest BCUT2D eigenvalue weighted by molar-refractivity contribution is -0.0846. The van der Waals surface area contributed by atoms with Crippen LogP contribution in [-0.2, 0) is 4.74 Å². The average molecular weight is 295 g/mol. The van der Waals surface area contributed by atoms with Crippen LogP contribution in [0, 0.1) is 17.8 Å². The maximum atomic E-state index is 6.20. The summed E-state index contributed by atoms with van der Waals surface area (Å²) in [5.74, 6) is 3.11. The smallest absolute Gasteiger partial charge is 0.0682 e. The number of rotatable bonds is 7. The molecule has 2 saturated carbocycles. The highest BCUT2D eigenvalue weighted by Crippen LogP contribution is 2.45. The highest BCUT2D eigenvalue weighted by atomic mass is 16.5. The minimum atomic E-state index is 0.249. The summed E-state index contributed by atoms with van der Waals surface area (Å²) >= 11 is 0. The fraction of sp³-hybridized carbons (Fsp3) is 1.00. The molecule has 0 spiro atoms. The van der Waals surface area contributed by atoms with E-state index in [1.165, 1.54) is 77.0 Å². The Balaban J connectivity index is 1.78. The normalized spacial score (nSPS) is 37.6. The summed E-state index contributed by atoms with van der Waals surface area (Å²) in [4.78, 5) is 0. The van der Waals surface area contributed by atoms with Crippen LogP contribution in [0.3, 0.4) is 0 Å². The van der Waals surface area contributed by atoms with E-state index in [1.54, 1.807) is 0 Å². The Morgan fingerprint density at radius 1 is 0.810 bits per heavy atom. The first-order valence-electron chi connectivity index (χ1n) is 9.87. The van der Waals surface area contributed by atoms with Crippen molar-refractivity contribution >= 4 is 0 Å². The molecule has 0 radical (unpaired) electrons. The van der Waals surface area contributed by atoms with Crippen molar-refractivity contribution in [1.82, 2.24) is 0 Å². The second kappa shape index (κ2) is 8.56. The van der Waals surface area contributed by atoms with E-state index >= 15 is 0 Å². The molecule has 124 valence electrons. The first-order chi connectivity index (χ1) is 10.2. The van der Waals surface area contributed by atoms with Gasteiger partial charge in [-0.25, -0.2) is 0 Å². The predicted molar refractivity (Wildman–Crippen MR) is 91.6 cm³/mol. The molecule has 0 atom stereocenters. The average Bonchev–Trinajstić information content (AvgIpc) is 2.50. The molecular formula is C20H38O. The molecule has 0 bridgehead atoms. The van der Waals surface area contributed by atoms with Gasteiger partial charge in [-0.15, -0.1) is 0 Å². The molecule has 0 heterocycles. The van der Waals surface area contributed by atoms with Gasteiger partial charge in [-0.05, 0) is 69.6 Å². The molecule has 2 rings (SSSR count). The van der Waals surface area contributed by atoms with Crippen molar-refractivity contribution in [3.05, 3.63) is 0 Å². The summed E-state index contributed by atoms with van der Waals surface area (Å²) in [5, 5.41) is 0. The van der Waals surface area contributed by atoms with E-state index in [0.717, 1.165) is 24.4 Å². The van der Waals surface area contributed by atoms with Gasteiger partial charge in [0.2, 0.25) is 0 Å². The summed E-state index contributed by atoms with van der Waals surface area (Å²) in [5.41, 5.74) is 0.249. The monoisotopic (exact) mass is 294 g/mol. The van der Waals surface area contributed by atoms with Gasteiger partial charge < -0.3 is 4.74 Å². The molecule has 2 aliphatic carbocycles. The van der Waals surface area contributed by atoms with Crippen LogP contribution in [0.4, 0.5) is 0 Å². The van der Waals surface area contributed by atoms with Crippen molar-refractivity contribution in [1.29, 1.82) is 0 Å². The number of ether oxygens (including phenoxy) is 1. The Labute approximate surface area is 133 Å². The molecule has 2 aliphatic rings. The van der Waals surface area contributed by atoms with Crippen LogP contribution in [0.25, 0.3) is 0 Å². The molecule has 1 heteroatoms. The van der Waals surface area contributed by atoms with E-state index in [2.05, 4.69) is 20.8 Å². The molecular weight excluding hydrogens is 256 g/mol. The van der Waals surface area contributed by atoms with Crippen molar-refractivity contribution in [3.63, 3.8) is 0 Å². The van der Waals surface area contributed by atoms with E-state index in [9.17, 15) is 0 Å². The third-order valence-electron chi connectivity index (χ3n) is 6.35. The Morgan fingerprint density at radius 3 is 1.95 bits per heavy atom. The van der Waals surface area contributed by atoms with Crippen LogP contribution in [0.5, 0.6) is 0 Å². The standard InChI is InChI=1S/C20H38O/c1-4-7-17-8-10-18(11-9-17)19-12-15-20(14-5-2,16-13-19)21-6-3/h17-19H,4-16H2,1-3H3/t17?,18?,19-,20+. The lowest BCUT2D eigenvalue weighted by Crippen LogP contribution is -2.39. The molecule has 0 unspecified atom stereocenters. The van der Waals surface area contributed by atoms with E-state index in [1.807, 2.05) is 0 Å². The number of hydrogen-bond donors (Lipinski definition) is 0. The van der Waals surface area contributed by atoms with Crippen LogP contribution >= 0.6 is 0 Å². The van der Waals surface area contributed by atoms with Gasteiger partial charge in [0.25, 0.3) is 0 Å². The van der Waals surface area contributed by atoms with Crippen LogP contribution < -0.4 is 0 Å². The molecule has 1 nitrogen and oxygen atoms in total. The SMILES string of the molecule is CCCC1CCC([C@H]2CC[C@@](CCC)(OCC)CC2)CC1. The minimum Gasteiger partial charge on any atom is -0.375 e. The Morgan fingerprint density at radius 2 is 1.43 bits per heavy atom. The topological polar surface area (TPSA) is 9.23 Å². The molecule has 0 aliphatic heterocycles. The van der Waals surface area contributed by atoms with Gasteiger partial charge in [0.15, 0.2) is 0 Å². The molecule has 0 amide bonds. The quantitative estimate of drug-likeness (QED) is 0.531. The van der Waals surface area contributed by atoms with Gasteiger partial charge in [-0.2, -0.15) is 0 Å². The molecule has 0 N–H and O–H groups in total. The van der Waals surface area contributed by atoms with Gasteiger partial charge in [-0.1, -0.05) is 46.0 Å². The van der Waals surface area contributed by atoms with Crippen LogP contribution in [0.15, 0.2) is 0 Å². The Kier molecular flexibility index (Phi) is 7.05. The molecule has 0 aromatic rings. The third kappa shape index (κ3) is 4.71. The van der Waals surface area contributed by atoms with Gasteiger partial charge in [0, 0.05) is 6.61 Å². The fourth-order valence-corrected chi connectivity index (χ4v) is 5.22. The zero-order valence-electron chi connectivity index (χ0n) is 14.8. The van der Waals surface area contributed by atoms with Crippen molar-refractivity contribution in [3.8, 4) is 0 Å². The third-order valence-corrected chi connectivity index (χ3v) is 6.35. The predicted octanol–water partition coefficient (Wildman–Crippen LogP) is 6.36. The van der Waals surface area contributed by atoms with Crippen LogP contribution in [-0.4, -0.2) is 12.2 Å². The molecule has 0 aromatic carbocycles. The van der Waals surface area contributed by atoms with E-state index in [-0.39, 0.29) is 5.60 Å². The molecule has 0 saturated heterocycles. The van der Waals surface area contributed by atoms with E-state index < -0.39 is 0 Å². The van der Waals surface area contributed by atoms with Gasteiger partial charge in [-0.3, -0.25) is 0 Å². The summed E-state index contributed by atoms with van der Waals surface area (Å²) in [6.45, 7) is 7.71. The minimum absolute atomic E-state index is 0.249. The lowest BCUT2D eigenvalue weighted by atomic mass is 9.67. The molecule has 21 heavy (non-hydrogen) atoms. The first kappa shape index (κ1) is 17.3. The van der Waals surface area contributed by atoms with Crippen molar-refractivity contribution < 1.29 is 4.74 Å². The molecule has 0 aromatic heterocycles. The zero-order valence-corrected chi connectivity index (χ0v) is 14.8. The summed E-state index contributed by atoms with van der Waals surface area (Å²) in [7, 11) is 0. The fourth-order valence-electron chi connectivity index (χ4n) is 5.22. The van der Waals surface area contributed by atoms with E-state index in [4.69, 9.17) is 4.74 Å². The number of hydrogen-bond acceptors (Lipinski definition) is 1. The van der Waals surface area contributed by atoms with Crippen molar-refractivity contribution in [2.75, 3.05) is 6.61 Å². The van der Waals surface area contributed by atoms with Gasteiger partial charge >= 0.3 is 0 Å². The molecule has 2 fully saturated rings. The summed E-state index contributed by atoms with van der Waals surface area (Å²) in [6, 6.07) is 0. The lowest BCUT2D eigenvalue weighted by Gasteiger charge is -2.43. The Bertz CT molecular complexity index is 262. The van der Waals surface area contributed by atoms with Crippen LogP contribution in [0.2, 0.25) is 0 Å². The van der Waals surface area contributed by atoms with Gasteiger partial charge in [0.1, 0.15) is 0 Å².